The first-order valence-corrected chi connectivity index (χ1v) is 15.7. The van der Waals surface area contributed by atoms with Crippen molar-refractivity contribution in [3.63, 3.8) is 0 Å². The number of aryl methyl sites for hydroxylation is 1. The fourth-order valence-electron chi connectivity index (χ4n) is 5.64. The van der Waals surface area contributed by atoms with Crippen molar-refractivity contribution >= 4 is 41.5 Å². The Bertz CT molecular complexity index is 1620. The van der Waals surface area contributed by atoms with Crippen molar-refractivity contribution in [3.8, 4) is 5.75 Å². The molecule has 232 valence electrons. The molecule has 0 saturated carbocycles. The van der Waals surface area contributed by atoms with Crippen molar-refractivity contribution in [3.05, 3.63) is 124 Å². The van der Waals surface area contributed by atoms with Gasteiger partial charge >= 0.3 is 0 Å². The van der Waals surface area contributed by atoms with E-state index in [-0.39, 0.29) is 11.7 Å². The number of ether oxygens (including phenoxy) is 1. The Hall–Kier alpha value is -4.62. The van der Waals surface area contributed by atoms with E-state index in [1.54, 1.807) is 18.2 Å². The first-order valence-electron chi connectivity index (χ1n) is 15.4. The van der Waals surface area contributed by atoms with Gasteiger partial charge < -0.3 is 19.9 Å². The number of allylic oxidation sites excluding steroid dienone is 2. The van der Waals surface area contributed by atoms with Crippen molar-refractivity contribution in [2.24, 2.45) is 0 Å². The third-order valence-electron chi connectivity index (χ3n) is 8.09. The van der Waals surface area contributed by atoms with E-state index < -0.39 is 5.91 Å². The highest BCUT2D eigenvalue weighted by Crippen LogP contribution is 2.29. The van der Waals surface area contributed by atoms with Crippen LogP contribution in [0.2, 0.25) is 5.02 Å². The van der Waals surface area contributed by atoms with E-state index in [0.29, 0.717) is 35.7 Å². The predicted octanol–water partition coefficient (Wildman–Crippen LogP) is 7.01. The molecule has 2 saturated heterocycles. The molecule has 5 rings (SSSR count). The molecule has 2 aliphatic heterocycles. The van der Waals surface area contributed by atoms with Crippen LogP contribution in [0, 0.1) is 6.92 Å². The number of piperidine rings is 2. The van der Waals surface area contributed by atoms with Crippen LogP contribution in [0.25, 0.3) is 6.08 Å². The second-order valence-corrected chi connectivity index (χ2v) is 11.8. The molecule has 0 bridgehead atoms. The first kappa shape index (κ1) is 31.8. The Morgan fingerprint density at radius 2 is 1.67 bits per heavy atom. The fourth-order valence-corrected chi connectivity index (χ4v) is 5.77. The topological polar surface area (TPSA) is 79.0 Å². The van der Waals surface area contributed by atoms with Crippen molar-refractivity contribution < 1.29 is 19.1 Å². The summed E-state index contributed by atoms with van der Waals surface area (Å²) in [5.41, 5.74) is 5.81. The number of rotatable bonds is 10. The zero-order chi connectivity index (χ0) is 31.6. The largest absolute Gasteiger partial charge is 0.451 e. The van der Waals surface area contributed by atoms with Crippen molar-refractivity contribution in [2.75, 3.05) is 24.5 Å². The summed E-state index contributed by atoms with van der Waals surface area (Å²) in [6.07, 6.45) is 9.83. The molecule has 0 aromatic heterocycles. The van der Waals surface area contributed by atoms with Gasteiger partial charge in [0.2, 0.25) is 5.91 Å². The van der Waals surface area contributed by atoms with Crippen LogP contribution in [-0.4, -0.2) is 42.6 Å². The van der Waals surface area contributed by atoms with Crippen molar-refractivity contribution in [2.45, 2.75) is 45.6 Å². The molecular formula is C37H38ClN3O4. The molecule has 45 heavy (non-hydrogen) atoms. The minimum atomic E-state index is -0.527. The highest BCUT2D eigenvalue weighted by Gasteiger charge is 2.22. The number of para-hydroxylation sites is 2. The molecule has 1 N–H and O–H groups in total. The van der Waals surface area contributed by atoms with Gasteiger partial charge in [-0.1, -0.05) is 65.7 Å². The maximum Gasteiger partial charge on any atom is 0.291 e. The van der Waals surface area contributed by atoms with E-state index >= 15 is 0 Å². The van der Waals surface area contributed by atoms with Gasteiger partial charge in [0, 0.05) is 55.1 Å². The standard InChI is InChI=1S/C37H38ClN3O4/c1-27-8-2-5-11-34(27)45-35(19-23-42)37(44)39-32(24-28-13-15-31(38)16-14-28)25-29-17-21-40(22-18-29)33-10-4-3-9-30(33)26-41-20-7-6-12-36(41)43/h2-5,8-11,13-16,19,23-25H,6-7,12,17-18,20-22,26H2,1H3,(H,39,44)/b32-24-,35-19-. The minimum absolute atomic E-state index is 0.0988. The summed E-state index contributed by atoms with van der Waals surface area (Å²) in [4.78, 5) is 41.7. The third kappa shape index (κ3) is 8.73. The normalized spacial score (nSPS) is 16.0. The van der Waals surface area contributed by atoms with Crippen LogP contribution in [0.15, 0.2) is 102 Å². The van der Waals surface area contributed by atoms with Crippen LogP contribution in [-0.2, 0) is 20.9 Å². The summed E-state index contributed by atoms with van der Waals surface area (Å²) in [5.74, 6) is 0.108. The molecule has 2 aliphatic rings. The quantitative estimate of drug-likeness (QED) is 0.149. The number of anilines is 1. The van der Waals surface area contributed by atoms with Gasteiger partial charge in [-0.05, 0) is 85.7 Å². The van der Waals surface area contributed by atoms with Gasteiger partial charge in [0.1, 0.15) is 12.0 Å². The average Bonchev–Trinajstić information content (AvgIpc) is 3.04. The molecule has 0 aliphatic carbocycles. The molecule has 8 heteroatoms. The lowest BCUT2D eigenvalue weighted by molar-refractivity contribution is -0.133. The molecule has 2 heterocycles. The van der Waals surface area contributed by atoms with E-state index in [0.717, 1.165) is 68.2 Å². The zero-order valence-corrected chi connectivity index (χ0v) is 26.3. The van der Waals surface area contributed by atoms with E-state index in [4.69, 9.17) is 16.3 Å². The summed E-state index contributed by atoms with van der Waals surface area (Å²) < 4.78 is 5.86. The number of likely N-dealkylation sites (tertiary alicyclic amines) is 1. The van der Waals surface area contributed by atoms with Crippen LogP contribution in [0.4, 0.5) is 5.69 Å². The second kappa shape index (κ2) is 15.4. The minimum Gasteiger partial charge on any atom is -0.451 e. The number of halogens is 1. The Morgan fingerprint density at radius 3 is 2.40 bits per heavy atom. The van der Waals surface area contributed by atoms with Gasteiger partial charge in [0.25, 0.3) is 5.91 Å². The van der Waals surface area contributed by atoms with Crippen LogP contribution in [0.1, 0.15) is 48.8 Å². The van der Waals surface area contributed by atoms with Crippen LogP contribution in [0.3, 0.4) is 0 Å². The summed E-state index contributed by atoms with van der Waals surface area (Å²) >= 11 is 6.11. The molecule has 3 aromatic carbocycles. The van der Waals surface area contributed by atoms with Crippen molar-refractivity contribution in [1.29, 1.82) is 0 Å². The number of amides is 2. The molecule has 0 atom stereocenters. The summed E-state index contributed by atoms with van der Waals surface area (Å²) in [6, 6.07) is 23.0. The molecule has 2 fully saturated rings. The Balaban J connectivity index is 1.33. The summed E-state index contributed by atoms with van der Waals surface area (Å²) in [5, 5.41) is 3.58. The lowest BCUT2D eigenvalue weighted by Crippen LogP contribution is -2.36. The number of hydrogen-bond donors (Lipinski definition) is 1. The first-order chi connectivity index (χ1) is 21.9. The predicted molar refractivity (Wildman–Crippen MR) is 179 cm³/mol. The Morgan fingerprint density at radius 1 is 0.933 bits per heavy atom. The highest BCUT2D eigenvalue weighted by molar-refractivity contribution is 6.30. The van der Waals surface area contributed by atoms with Gasteiger partial charge in [-0.25, -0.2) is 0 Å². The van der Waals surface area contributed by atoms with E-state index in [2.05, 4.69) is 22.3 Å². The number of carbonyl (C=O) groups excluding carboxylic acids is 3. The molecule has 2 amide bonds. The number of benzene rings is 3. The van der Waals surface area contributed by atoms with E-state index in [9.17, 15) is 14.4 Å². The molecule has 7 nitrogen and oxygen atoms in total. The van der Waals surface area contributed by atoms with Crippen molar-refractivity contribution in [1.82, 2.24) is 10.2 Å². The maximum atomic E-state index is 13.4. The van der Waals surface area contributed by atoms with Gasteiger partial charge in [0.15, 0.2) is 5.76 Å². The molecule has 0 unspecified atom stereocenters. The van der Waals surface area contributed by atoms with Gasteiger partial charge in [-0.2, -0.15) is 0 Å². The second-order valence-electron chi connectivity index (χ2n) is 11.3. The zero-order valence-electron chi connectivity index (χ0n) is 25.5. The Kier molecular flexibility index (Phi) is 10.9. The number of nitrogens with zero attached hydrogens (tertiary/aromatic N) is 2. The SMILES string of the molecule is Cc1ccccc1O/C(=C\C=O)C(=O)N/C(C=C1CCN(c2ccccc2CN2CCCCC2=O)CC1)=C\c1ccc(Cl)cc1. The molecule has 3 aromatic rings. The number of hydrogen-bond acceptors (Lipinski definition) is 5. The van der Waals surface area contributed by atoms with E-state index in [1.165, 1.54) is 11.1 Å². The highest BCUT2D eigenvalue weighted by atomic mass is 35.5. The molecule has 0 spiro atoms. The third-order valence-corrected chi connectivity index (χ3v) is 8.34. The number of aldehydes is 1. The van der Waals surface area contributed by atoms with E-state index in [1.807, 2.05) is 66.4 Å². The average molecular weight is 624 g/mol. The smallest absolute Gasteiger partial charge is 0.291 e. The molecule has 0 radical (unpaired) electrons. The number of carbonyl (C=O) groups is 3. The van der Waals surface area contributed by atoms with Crippen LogP contribution >= 0.6 is 11.6 Å². The Labute approximate surface area is 269 Å². The summed E-state index contributed by atoms with van der Waals surface area (Å²) in [6.45, 7) is 4.95. The number of nitrogens with one attached hydrogen (secondary N) is 1. The maximum absolute atomic E-state index is 13.4. The lowest BCUT2D eigenvalue weighted by Gasteiger charge is -2.34. The summed E-state index contributed by atoms with van der Waals surface area (Å²) in [7, 11) is 0. The van der Waals surface area contributed by atoms with Gasteiger partial charge in [-0.15, -0.1) is 0 Å². The lowest BCUT2D eigenvalue weighted by atomic mass is 10.00. The van der Waals surface area contributed by atoms with Crippen LogP contribution in [0.5, 0.6) is 5.75 Å². The van der Waals surface area contributed by atoms with Gasteiger partial charge in [0.05, 0.1) is 0 Å². The van der Waals surface area contributed by atoms with Gasteiger partial charge in [-0.3, -0.25) is 14.4 Å². The molecular weight excluding hydrogens is 586 g/mol. The van der Waals surface area contributed by atoms with Crippen LogP contribution < -0.4 is 15.0 Å². The monoisotopic (exact) mass is 623 g/mol. The fraction of sp³-hybridized carbons (Fsp3) is 0.270.